The predicted molar refractivity (Wildman–Crippen MR) is 83.9 cm³/mol. The van der Waals surface area contributed by atoms with Crippen molar-refractivity contribution in [3.63, 3.8) is 0 Å². The molecule has 1 aromatic carbocycles. The molecule has 1 atom stereocenters. The van der Waals surface area contributed by atoms with Crippen LogP contribution in [0.2, 0.25) is 0 Å². The molecule has 0 bridgehead atoms. The molecular formula is C17H26N2O2. The summed E-state index contributed by atoms with van der Waals surface area (Å²) in [7, 11) is 0. The zero-order valence-electron chi connectivity index (χ0n) is 13.4. The quantitative estimate of drug-likeness (QED) is 0.926. The molecule has 1 heterocycles. The number of ether oxygens (including phenoxy) is 1. The van der Waals surface area contributed by atoms with Crippen LogP contribution in [0.5, 0.6) is 0 Å². The topological polar surface area (TPSA) is 55.6 Å². The van der Waals surface area contributed by atoms with Crippen LogP contribution in [0.3, 0.4) is 0 Å². The van der Waals surface area contributed by atoms with E-state index >= 15 is 0 Å². The number of morpholine rings is 1. The monoisotopic (exact) mass is 290 g/mol. The number of hydrogen-bond donors (Lipinski definition) is 1. The van der Waals surface area contributed by atoms with Gasteiger partial charge in [-0.1, -0.05) is 30.3 Å². The van der Waals surface area contributed by atoms with Crippen LogP contribution in [0.4, 0.5) is 0 Å². The van der Waals surface area contributed by atoms with Gasteiger partial charge in [0.25, 0.3) is 0 Å². The molecule has 1 aromatic rings. The highest BCUT2D eigenvalue weighted by Gasteiger charge is 2.40. The van der Waals surface area contributed by atoms with Gasteiger partial charge in [-0.3, -0.25) is 4.79 Å². The largest absolute Gasteiger partial charge is 0.366 e. The summed E-state index contributed by atoms with van der Waals surface area (Å²) in [5.74, 6) is 0.00306. The molecule has 0 aromatic heterocycles. The zero-order valence-corrected chi connectivity index (χ0v) is 13.4. The molecule has 0 aliphatic carbocycles. The van der Waals surface area contributed by atoms with Gasteiger partial charge < -0.3 is 15.4 Å². The molecule has 116 valence electrons. The predicted octanol–water partition coefficient (Wildman–Crippen LogP) is 1.97. The average molecular weight is 290 g/mol. The van der Waals surface area contributed by atoms with E-state index in [-0.39, 0.29) is 17.1 Å². The van der Waals surface area contributed by atoms with Crippen molar-refractivity contribution >= 4 is 5.91 Å². The summed E-state index contributed by atoms with van der Waals surface area (Å²) >= 11 is 0. The molecule has 1 aliphatic heterocycles. The highest BCUT2D eigenvalue weighted by Crippen LogP contribution is 2.28. The fourth-order valence-corrected chi connectivity index (χ4v) is 3.13. The number of benzene rings is 1. The molecule has 0 spiro atoms. The number of carbonyl (C=O) groups excluding carboxylic acids is 1. The summed E-state index contributed by atoms with van der Waals surface area (Å²) in [6.45, 7) is 9.21. The number of hydrogen-bond acceptors (Lipinski definition) is 3. The normalized spacial score (nSPS) is 21.9. The molecule has 0 saturated carbocycles. The molecular weight excluding hydrogens is 264 g/mol. The van der Waals surface area contributed by atoms with Gasteiger partial charge in [0.15, 0.2) is 0 Å². The van der Waals surface area contributed by atoms with E-state index in [4.69, 9.17) is 10.5 Å². The lowest BCUT2D eigenvalue weighted by Crippen LogP contribution is -2.61. The van der Waals surface area contributed by atoms with Crippen molar-refractivity contribution in [2.24, 2.45) is 5.73 Å². The maximum absolute atomic E-state index is 12.6. The molecule has 1 fully saturated rings. The third kappa shape index (κ3) is 4.29. The molecule has 0 unspecified atom stereocenters. The average Bonchev–Trinajstić information content (AvgIpc) is 2.35. The summed E-state index contributed by atoms with van der Waals surface area (Å²) in [6, 6.07) is 9.39. The van der Waals surface area contributed by atoms with Crippen molar-refractivity contribution < 1.29 is 9.53 Å². The summed E-state index contributed by atoms with van der Waals surface area (Å²) in [5.41, 5.74) is 6.53. The maximum Gasteiger partial charge on any atom is 0.240 e. The molecule has 0 radical (unpaired) electrons. The molecule has 21 heavy (non-hydrogen) atoms. The van der Waals surface area contributed by atoms with Gasteiger partial charge >= 0.3 is 0 Å². The Kier molecular flexibility index (Phi) is 4.40. The van der Waals surface area contributed by atoms with Crippen molar-refractivity contribution in [3.05, 3.63) is 35.9 Å². The molecule has 2 N–H and O–H groups in total. The second kappa shape index (κ2) is 5.78. The van der Waals surface area contributed by atoms with Crippen molar-refractivity contribution in [3.8, 4) is 0 Å². The first-order valence-electron chi connectivity index (χ1n) is 7.47. The Morgan fingerprint density at radius 2 is 1.71 bits per heavy atom. The van der Waals surface area contributed by atoms with Gasteiger partial charge in [0.05, 0.1) is 17.2 Å². The van der Waals surface area contributed by atoms with Crippen molar-refractivity contribution in [1.29, 1.82) is 0 Å². The Bertz CT molecular complexity index is 481. The Morgan fingerprint density at radius 1 is 1.19 bits per heavy atom. The molecule has 1 aliphatic rings. The van der Waals surface area contributed by atoms with E-state index < -0.39 is 6.04 Å². The third-order valence-electron chi connectivity index (χ3n) is 3.62. The van der Waals surface area contributed by atoms with Crippen LogP contribution >= 0.6 is 0 Å². The first kappa shape index (κ1) is 16.0. The highest BCUT2D eigenvalue weighted by atomic mass is 16.5. The maximum atomic E-state index is 12.6. The third-order valence-corrected chi connectivity index (χ3v) is 3.62. The Balaban J connectivity index is 2.05. The minimum absolute atomic E-state index is 0.00306. The van der Waals surface area contributed by atoms with Crippen LogP contribution in [0, 0.1) is 0 Å². The van der Waals surface area contributed by atoms with E-state index in [9.17, 15) is 4.79 Å². The van der Waals surface area contributed by atoms with Gasteiger partial charge in [-0.15, -0.1) is 0 Å². The zero-order chi connectivity index (χ0) is 15.7. The van der Waals surface area contributed by atoms with E-state index in [1.807, 2.05) is 62.9 Å². The van der Waals surface area contributed by atoms with Crippen LogP contribution in [-0.2, 0) is 16.0 Å². The second-order valence-electron chi connectivity index (χ2n) is 7.11. The van der Waals surface area contributed by atoms with Gasteiger partial charge in [0, 0.05) is 13.1 Å². The summed E-state index contributed by atoms with van der Waals surface area (Å²) in [5, 5.41) is 0. The standard InChI is InChI=1S/C17H26N2O2/c1-16(2)11-19(12-17(3,4)21-16)15(20)14(18)10-13-8-6-5-7-9-13/h5-9,14H,10-12,18H2,1-4H3/t14-/m0/s1. The fourth-order valence-electron chi connectivity index (χ4n) is 3.13. The van der Waals surface area contributed by atoms with Crippen molar-refractivity contribution in [2.45, 2.75) is 51.4 Å². The smallest absolute Gasteiger partial charge is 0.240 e. The lowest BCUT2D eigenvalue weighted by Gasteiger charge is -2.47. The van der Waals surface area contributed by atoms with E-state index in [1.165, 1.54) is 0 Å². The molecule has 1 amide bonds. The summed E-state index contributed by atoms with van der Waals surface area (Å²) in [6.07, 6.45) is 0.567. The summed E-state index contributed by atoms with van der Waals surface area (Å²) in [4.78, 5) is 14.5. The first-order valence-corrected chi connectivity index (χ1v) is 7.47. The van der Waals surface area contributed by atoms with Gasteiger partial charge in [-0.2, -0.15) is 0 Å². The van der Waals surface area contributed by atoms with E-state index in [0.717, 1.165) is 5.56 Å². The fraction of sp³-hybridized carbons (Fsp3) is 0.588. The van der Waals surface area contributed by atoms with Crippen LogP contribution < -0.4 is 5.73 Å². The Morgan fingerprint density at radius 3 is 2.24 bits per heavy atom. The van der Waals surface area contributed by atoms with Crippen molar-refractivity contribution in [1.82, 2.24) is 4.90 Å². The van der Waals surface area contributed by atoms with Crippen molar-refractivity contribution in [2.75, 3.05) is 13.1 Å². The molecule has 1 saturated heterocycles. The number of nitrogens with two attached hydrogens (primary N) is 1. The Labute approximate surface area is 127 Å². The second-order valence-corrected chi connectivity index (χ2v) is 7.11. The molecule has 4 heteroatoms. The first-order chi connectivity index (χ1) is 9.69. The molecule has 2 rings (SSSR count). The number of amides is 1. The highest BCUT2D eigenvalue weighted by molar-refractivity contribution is 5.82. The SMILES string of the molecule is CC1(C)CN(C(=O)[C@@H](N)Cc2ccccc2)CC(C)(C)O1. The Hall–Kier alpha value is -1.39. The van der Waals surface area contributed by atoms with Gasteiger partial charge in [-0.25, -0.2) is 0 Å². The van der Waals surface area contributed by atoms with Crippen LogP contribution in [0.15, 0.2) is 30.3 Å². The van der Waals surface area contributed by atoms with Gasteiger partial charge in [0.1, 0.15) is 0 Å². The number of carbonyl (C=O) groups is 1. The van der Waals surface area contributed by atoms with Crippen LogP contribution in [-0.4, -0.2) is 41.1 Å². The number of nitrogens with zero attached hydrogens (tertiary/aromatic N) is 1. The number of rotatable bonds is 3. The minimum atomic E-state index is -0.503. The van der Waals surface area contributed by atoms with Crippen LogP contribution in [0.1, 0.15) is 33.3 Å². The van der Waals surface area contributed by atoms with Crippen LogP contribution in [0.25, 0.3) is 0 Å². The summed E-state index contributed by atoms with van der Waals surface area (Å²) < 4.78 is 6.00. The minimum Gasteiger partial charge on any atom is -0.366 e. The van der Waals surface area contributed by atoms with Gasteiger partial charge in [-0.05, 0) is 39.7 Å². The lowest BCUT2D eigenvalue weighted by molar-refractivity contribution is -0.188. The van der Waals surface area contributed by atoms with E-state index in [0.29, 0.717) is 19.5 Å². The van der Waals surface area contributed by atoms with E-state index in [1.54, 1.807) is 0 Å². The van der Waals surface area contributed by atoms with Gasteiger partial charge in [0.2, 0.25) is 5.91 Å². The molecule has 4 nitrogen and oxygen atoms in total. The van der Waals surface area contributed by atoms with E-state index in [2.05, 4.69) is 0 Å². The lowest BCUT2D eigenvalue weighted by atomic mass is 9.97.